The summed E-state index contributed by atoms with van der Waals surface area (Å²) in [4.78, 5) is 4.15. The van der Waals surface area contributed by atoms with E-state index in [1.54, 1.807) is 0 Å². The minimum atomic E-state index is 0.678. The molecular formula is C21H30N2S. The number of aryl methyl sites for hydroxylation is 1. The van der Waals surface area contributed by atoms with E-state index in [4.69, 9.17) is 5.73 Å². The van der Waals surface area contributed by atoms with Crippen LogP contribution < -0.4 is 5.73 Å². The van der Waals surface area contributed by atoms with Crippen molar-refractivity contribution < 1.29 is 0 Å². The average Bonchev–Trinajstić information content (AvgIpc) is 3.03. The molecule has 1 saturated heterocycles. The lowest BCUT2D eigenvalue weighted by Gasteiger charge is -2.32. The number of anilines is 1. The maximum absolute atomic E-state index is 5.93. The summed E-state index contributed by atoms with van der Waals surface area (Å²) in [5.74, 6) is 0.678. The Kier molecular flexibility index (Phi) is 6.33. The highest BCUT2D eigenvalue weighted by Crippen LogP contribution is 2.30. The summed E-state index contributed by atoms with van der Waals surface area (Å²) in [6.07, 6.45) is 7.73. The van der Waals surface area contributed by atoms with Gasteiger partial charge in [0.05, 0.1) is 0 Å². The monoisotopic (exact) mass is 342 g/mol. The van der Waals surface area contributed by atoms with Crippen molar-refractivity contribution in [3.05, 3.63) is 51.7 Å². The Balaban J connectivity index is 1.47. The van der Waals surface area contributed by atoms with Crippen molar-refractivity contribution in [2.75, 3.05) is 18.8 Å². The third-order valence-corrected chi connectivity index (χ3v) is 6.10. The minimum Gasteiger partial charge on any atom is -0.399 e. The van der Waals surface area contributed by atoms with Crippen molar-refractivity contribution in [3.8, 4) is 0 Å². The molecule has 1 aliphatic rings. The fraction of sp³-hybridized carbons (Fsp3) is 0.524. The van der Waals surface area contributed by atoms with Gasteiger partial charge in [-0.05, 0) is 79.4 Å². The molecule has 3 rings (SSSR count). The second-order valence-corrected chi connectivity index (χ2v) is 8.09. The van der Waals surface area contributed by atoms with E-state index in [2.05, 4.69) is 41.5 Å². The summed E-state index contributed by atoms with van der Waals surface area (Å²) in [7, 11) is 0. The summed E-state index contributed by atoms with van der Waals surface area (Å²) in [5, 5.41) is 2.37. The number of hydrogen-bond acceptors (Lipinski definition) is 3. The van der Waals surface area contributed by atoms with Gasteiger partial charge in [-0.25, -0.2) is 0 Å². The van der Waals surface area contributed by atoms with Gasteiger partial charge in [-0.2, -0.15) is 0 Å². The van der Waals surface area contributed by atoms with Gasteiger partial charge in [0.25, 0.3) is 0 Å². The van der Waals surface area contributed by atoms with Crippen LogP contribution in [0.4, 0.5) is 5.69 Å². The number of nitrogens with zero attached hydrogens (tertiary/aromatic N) is 1. The molecule has 0 bridgehead atoms. The number of likely N-dealkylation sites (tertiary alicyclic amines) is 1. The maximum Gasteiger partial charge on any atom is 0.0328 e. The topological polar surface area (TPSA) is 29.3 Å². The molecule has 130 valence electrons. The lowest BCUT2D eigenvalue weighted by atomic mass is 9.89. The first-order valence-electron chi connectivity index (χ1n) is 9.38. The van der Waals surface area contributed by atoms with Crippen molar-refractivity contribution in [2.45, 2.75) is 57.9 Å². The van der Waals surface area contributed by atoms with Crippen LogP contribution in [0.3, 0.4) is 0 Å². The second kappa shape index (κ2) is 8.68. The SMILES string of the molecule is CCCCCc1csc(CN2CCC(c3cccc(N)c3)CC2)c1. The van der Waals surface area contributed by atoms with Crippen LogP contribution in [0.5, 0.6) is 0 Å². The summed E-state index contributed by atoms with van der Waals surface area (Å²) >= 11 is 1.94. The molecule has 0 atom stereocenters. The van der Waals surface area contributed by atoms with E-state index in [1.807, 2.05) is 17.4 Å². The predicted octanol–water partition coefficient (Wildman–Crippen LogP) is 5.44. The smallest absolute Gasteiger partial charge is 0.0328 e. The second-order valence-electron chi connectivity index (χ2n) is 7.10. The van der Waals surface area contributed by atoms with Gasteiger partial charge >= 0.3 is 0 Å². The van der Waals surface area contributed by atoms with E-state index in [1.165, 1.54) is 67.6 Å². The molecule has 1 aliphatic heterocycles. The number of unbranched alkanes of at least 4 members (excludes halogenated alkanes) is 2. The zero-order chi connectivity index (χ0) is 16.8. The quantitative estimate of drug-likeness (QED) is 0.536. The van der Waals surface area contributed by atoms with Crippen LogP contribution in [0, 0.1) is 0 Å². The van der Waals surface area contributed by atoms with E-state index in [-0.39, 0.29) is 0 Å². The molecule has 3 heteroatoms. The Morgan fingerprint density at radius 2 is 2.00 bits per heavy atom. The van der Waals surface area contributed by atoms with Gasteiger partial charge in [0, 0.05) is 17.1 Å². The molecular weight excluding hydrogens is 312 g/mol. The van der Waals surface area contributed by atoms with Crippen LogP contribution in [0.1, 0.15) is 60.9 Å². The predicted molar refractivity (Wildman–Crippen MR) is 106 cm³/mol. The minimum absolute atomic E-state index is 0.678. The molecule has 2 N–H and O–H groups in total. The van der Waals surface area contributed by atoms with E-state index in [0.29, 0.717) is 5.92 Å². The summed E-state index contributed by atoms with van der Waals surface area (Å²) in [6, 6.07) is 10.9. The highest BCUT2D eigenvalue weighted by molar-refractivity contribution is 7.10. The molecule has 1 aromatic carbocycles. The number of benzene rings is 1. The highest BCUT2D eigenvalue weighted by atomic mass is 32.1. The third-order valence-electron chi connectivity index (χ3n) is 5.13. The van der Waals surface area contributed by atoms with Crippen LogP contribution >= 0.6 is 11.3 Å². The van der Waals surface area contributed by atoms with Crippen molar-refractivity contribution in [1.82, 2.24) is 4.90 Å². The van der Waals surface area contributed by atoms with Gasteiger partial charge < -0.3 is 5.73 Å². The van der Waals surface area contributed by atoms with E-state index >= 15 is 0 Å². The first kappa shape index (κ1) is 17.5. The van der Waals surface area contributed by atoms with Crippen LogP contribution in [0.25, 0.3) is 0 Å². The molecule has 0 radical (unpaired) electrons. The Labute approximate surface area is 150 Å². The fourth-order valence-corrected chi connectivity index (χ4v) is 4.64. The van der Waals surface area contributed by atoms with E-state index < -0.39 is 0 Å². The van der Waals surface area contributed by atoms with Crippen molar-refractivity contribution in [1.29, 1.82) is 0 Å². The summed E-state index contributed by atoms with van der Waals surface area (Å²) in [5.41, 5.74) is 9.78. The molecule has 2 heterocycles. The number of rotatable bonds is 7. The largest absolute Gasteiger partial charge is 0.399 e. The zero-order valence-electron chi connectivity index (χ0n) is 14.8. The first-order valence-corrected chi connectivity index (χ1v) is 10.3. The van der Waals surface area contributed by atoms with Crippen LogP contribution in [-0.2, 0) is 13.0 Å². The van der Waals surface area contributed by atoms with Crippen LogP contribution in [-0.4, -0.2) is 18.0 Å². The number of nitrogen functional groups attached to an aromatic ring is 1. The van der Waals surface area contributed by atoms with Gasteiger partial charge in [-0.1, -0.05) is 31.9 Å². The molecule has 0 unspecified atom stereocenters. The maximum atomic E-state index is 5.93. The Morgan fingerprint density at radius 3 is 2.75 bits per heavy atom. The molecule has 24 heavy (non-hydrogen) atoms. The highest BCUT2D eigenvalue weighted by Gasteiger charge is 2.21. The number of nitrogens with two attached hydrogens (primary N) is 1. The third kappa shape index (κ3) is 4.84. The van der Waals surface area contributed by atoms with Crippen molar-refractivity contribution in [3.63, 3.8) is 0 Å². The van der Waals surface area contributed by atoms with Crippen molar-refractivity contribution in [2.24, 2.45) is 0 Å². The molecule has 0 spiro atoms. The first-order chi connectivity index (χ1) is 11.7. The van der Waals surface area contributed by atoms with E-state index in [9.17, 15) is 0 Å². The van der Waals surface area contributed by atoms with Gasteiger partial charge in [0.1, 0.15) is 0 Å². The van der Waals surface area contributed by atoms with Gasteiger partial charge in [0.15, 0.2) is 0 Å². The Bertz CT molecular complexity index is 626. The van der Waals surface area contributed by atoms with Gasteiger partial charge in [0.2, 0.25) is 0 Å². The fourth-order valence-electron chi connectivity index (χ4n) is 3.68. The molecule has 2 aromatic rings. The molecule has 1 fully saturated rings. The lowest BCUT2D eigenvalue weighted by Crippen LogP contribution is -2.32. The Morgan fingerprint density at radius 1 is 1.17 bits per heavy atom. The molecule has 1 aromatic heterocycles. The molecule has 2 nitrogen and oxygen atoms in total. The van der Waals surface area contributed by atoms with Crippen LogP contribution in [0.15, 0.2) is 35.7 Å². The molecule has 0 aliphatic carbocycles. The van der Waals surface area contributed by atoms with Crippen molar-refractivity contribution >= 4 is 17.0 Å². The molecule has 0 amide bonds. The van der Waals surface area contributed by atoms with Gasteiger partial charge in [-0.15, -0.1) is 11.3 Å². The standard InChI is InChI=1S/C21H30N2S/c1-2-3-4-6-17-13-21(24-16-17)15-23-11-9-18(10-12-23)19-7-5-8-20(22)14-19/h5,7-8,13-14,16,18H,2-4,6,9-12,15,22H2,1H3. The Hall–Kier alpha value is -1.32. The zero-order valence-corrected chi connectivity index (χ0v) is 15.7. The summed E-state index contributed by atoms with van der Waals surface area (Å²) in [6.45, 7) is 5.79. The van der Waals surface area contributed by atoms with Gasteiger partial charge in [-0.3, -0.25) is 4.90 Å². The average molecular weight is 343 g/mol. The summed E-state index contributed by atoms with van der Waals surface area (Å²) < 4.78 is 0. The normalized spacial score (nSPS) is 16.5. The number of thiophene rings is 1. The van der Waals surface area contributed by atoms with Crippen LogP contribution in [0.2, 0.25) is 0 Å². The number of hydrogen-bond donors (Lipinski definition) is 1. The number of piperidine rings is 1. The lowest BCUT2D eigenvalue weighted by molar-refractivity contribution is 0.206. The van der Waals surface area contributed by atoms with E-state index in [0.717, 1.165) is 12.2 Å². The molecule has 0 saturated carbocycles.